The van der Waals surface area contributed by atoms with E-state index in [1.807, 2.05) is 24.3 Å². The molecule has 4 rings (SSSR count). The largest absolute Gasteiger partial charge is 0.506 e. The Labute approximate surface area is 174 Å². The number of aliphatic hydroxyl groups is 1. The fourth-order valence-electron chi connectivity index (χ4n) is 2.94. The molecular formula is C17H11Cl4N3O3. The second-order valence-electron chi connectivity index (χ2n) is 5.85. The van der Waals surface area contributed by atoms with Crippen LogP contribution in [0.2, 0.25) is 20.1 Å². The van der Waals surface area contributed by atoms with Crippen LogP contribution in [0.25, 0.3) is 0 Å². The minimum atomic E-state index is -0.733. The number of rotatable bonds is 2. The lowest BCUT2D eigenvalue weighted by Gasteiger charge is -2.26. The SMILES string of the molecule is O=C(NC1=C(O)C2Nc3ccccc3C1O2)Nc1cc(Cl)c(Cl)c(Cl)c1Cl. The number of nitrogens with one attached hydrogen (secondary N) is 3. The van der Waals surface area contributed by atoms with Gasteiger partial charge in [0.05, 0.1) is 31.5 Å². The Hall–Kier alpha value is -1.83. The van der Waals surface area contributed by atoms with E-state index in [0.29, 0.717) is 0 Å². The van der Waals surface area contributed by atoms with Crippen molar-refractivity contribution in [2.45, 2.75) is 12.3 Å². The van der Waals surface area contributed by atoms with E-state index >= 15 is 0 Å². The van der Waals surface area contributed by atoms with Crippen molar-refractivity contribution in [2.75, 3.05) is 10.6 Å². The van der Waals surface area contributed by atoms with Crippen LogP contribution in [-0.4, -0.2) is 17.4 Å². The topological polar surface area (TPSA) is 82.6 Å². The van der Waals surface area contributed by atoms with Crippen LogP contribution in [0.5, 0.6) is 0 Å². The highest BCUT2D eigenvalue weighted by Crippen LogP contribution is 2.44. The van der Waals surface area contributed by atoms with Crippen LogP contribution in [0.3, 0.4) is 0 Å². The third-order valence-corrected chi connectivity index (χ3v) is 5.94. The molecule has 27 heavy (non-hydrogen) atoms. The fraction of sp³-hybridized carbons (Fsp3) is 0.118. The number of amides is 2. The lowest BCUT2D eigenvalue weighted by Crippen LogP contribution is -2.31. The molecule has 0 saturated carbocycles. The first-order chi connectivity index (χ1) is 12.9. The van der Waals surface area contributed by atoms with E-state index < -0.39 is 18.4 Å². The zero-order valence-corrected chi connectivity index (χ0v) is 16.3. The van der Waals surface area contributed by atoms with E-state index in [1.165, 1.54) is 6.07 Å². The van der Waals surface area contributed by atoms with Gasteiger partial charge < -0.3 is 25.8 Å². The van der Waals surface area contributed by atoms with E-state index in [2.05, 4.69) is 16.0 Å². The lowest BCUT2D eigenvalue weighted by atomic mass is 10.1. The fourth-order valence-corrected chi connectivity index (χ4v) is 3.79. The van der Waals surface area contributed by atoms with Gasteiger partial charge in [-0.2, -0.15) is 0 Å². The predicted octanol–water partition coefficient (Wildman–Crippen LogP) is 5.71. The summed E-state index contributed by atoms with van der Waals surface area (Å²) >= 11 is 24.0. The van der Waals surface area contributed by atoms with Gasteiger partial charge in [-0.05, 0) is 12.1 Å². The molecule has 2 atom stereocenters. The van der Waals surface area contributed by atoms with Crippen LogP contribution < -0.4 is 16.0 Å². The number of ether oxygens (including phenoxy) is 1. The molecule has 2 aromatic rings. The van der Waals surface area contributed by atoms with E-state index in [4.69, 9.17) is 51.1 Å². The Morgan fingerprint density at radius 3 is 2.59 bits per heavy atom. The molecule has 2 unspecified atom stereocenters. The van der Waals surface area contributed by atoms with Gasteiger partial charge in [0, 0.05) is 11.3 Å². The Morgan fingerprint density at radius 2 is 1.81 bits per heavy atom. The summed E-state index contributed by atoms with van der Waals surface area (Å²) < 4.78 is 5.71. The number of benzene rings is 2. The average molecular weight is 447 g/mol. The molecule has 0 spiro atoms. The summed E-state index contributed by atoms with van der Waals surface area (Å²) in [6.07, 6.45) is -1.34. The minimum Gasteiger partial charge on any atom is -0.506 e. The summed E-state index contributed by atoms with van der Waals surface area (Å²) in [6, 6.07) is 8.15. The maximum absolute atomic E-state index is 12.5. The number of urea groups is 1. The van der Waals surface area contributed by atoms with Crippen molar-refractivity contribution in [1.29, 1.82) is 0 Å². The maximum Gasteiger partial charge on any atom is 0.323 e. The molecule has 2 aliphatic heterocycles. The molecule has 0 fully saturated rings. The average Bonchev–Trinajstić information content (AvgIpc) is 2.90. The zero-order valence-electron chi connectivity index (χ0n) is 13.3. The second kappa shape index (κ2) is 6.96. The Balaban J connectivity index is 1.58. The predicted molar refractivity (Wildman–Crippen MR) is 106 cm³/mol. The van der Waals surface area contributed by atoms with Crippen molar-refractivity contribution in [2.24, 2.45) is 0 Å². The van der Waals surface area contributed by atoms with E-state index in [1.54, 1.807) is 0 Å². The van der Waals surface area contributed by atoms with E-state index in [9.17, 15) is 9.90 Å². The first-order valence-electron chi connectivity index (χ1n) is 7.71. The first-order valence-corrected chi connectivity index (χ1v) is 9.23. The van der Waals surface area contributed by atoms with Crippen LogP contribution in [0.1, 0.15) is 11.7 Å². The van der Waals surface area contributed by atoms with Crippen molar-refractivity contribution in [3.8, 4) is 0 Å². The third kappa shape index (κ3) is 3.17. The number of hydrogen-bond donors (Lipinski definition) is 4. The monoisotopic (exact) mass is 445 g/mol. The van der Waals surface area contributed by atoms with Crippen LogP contribution >= 0.6 is 46.4 Å². The van der Waals surface area contributed by atoms with Crippen molar-refractivity contribution in [1.82, 2.24) is 5.32 Å². The van der Waals surface area contributed by atoms with Gasteiger partial charge in [0.1, 0.15) is 6.10 Å². The number of carbonyl (C=O) groups is 1. The molecule has 6 nitrogen and oxygen atoms in total. The quantitative estimate of drug-likeness (QED) is 0.351. The van der Waals surface area contributed by atoms with Crippen molar-refractivity contribution >= 4 is 63.8 Å². The van der Waals surface area contributed by atoms with E-state index in [0.717, 1.165) is 11.3 Å². The summed E-state index contributed by atoms with van der Waals surface area (Å²) in [5, 5.41) is 18.9. The first kappa shape index (κ1) is 18.5. The van der Waals surface area contributed by atoms with Crippen molar-refractivity contribution in [3.63, 3.8) is 0 Å². The van der Waals surface area contributed by atoms with Crippen LogP contribution in [0.4, 0.5) is 16.2 Å². The molecule has 2 amide bonds. The standard InChI is InChI=1S/C17H11Cl4N3O3/c18-7-5-9(11(20)12(21)10(7)19)23-17(26)24-13-14(25)16-22-8-4-2-1-3-6(8)15(13)27-16/h1-5,15-16,22,25H,(H2,23,24,26). The van der Waals surface area contributed by atoms with Crippen molar-refractivity contribution < 1.29 is 14.6 Å². The smallest absolute Gasteiger partial charge is 0.323 e. The highest BCUT2D eigenvalue weighted by atomic mass is 35.5. The van der Waals surface area contributed by atoms with Crippen LogP contribution in [-0.2, 0) is 4.74 Å². The number of aliphatic hydroxyl groups excluding tert-OH is 1. The number of carbonyl (C=O) groups excluding carboxylic acids is 1. The van der Waals surface area contributed by atoms with Gasteiger partial charge in [0.15, 0.2) is 12.0 Å². The molecule has 2 bridgehead atoms. The third-order valence-electron chi connectivity index (χ3n) is 4.19. The minimum absolute atomic E-state index is 0.0291. The summed E-state index contributed by atoms with van der Waals surface area (Å²) in [7, 11) is 0. The second-order valence-corrected chi connectivity index (χ2v) is 7.39. The molecule has 2 heterocycles. The highest BCUT2D eigenvalue weighted by Gasteiger charge is 2.41. The van der Waals surface area contributed by atoms with Gasteiger partial charge in [0.2, 0.25) is 0 Å². The van der Waals surface area contributed by atoms with Gasteiger partial charge >= 0.3 is 6.03 Å². The van der Waals surface area contributed by atoms with Gasteiger partial charge in [-0.25, -0.2) is 4.79 Å². The molecule has 2 aromatic carbocycles. The summed E-state index contributed by atoms with van der Waals surface area (Å²) in [4.78, 5) is 12.5. The number of hydrogen-bond acceptors (Lipinski definition) is 4. The van der Waals surface area contributed by atoms with E-state index in [-0.39, 0.29) is 37.2 Å². The van der Waals surface area contributed by atoms with Gasteiger partial charge in [-0.1, -0.05) is 64.6 Å². The molecule has 10 heteroatoms. The summed E-state index contributed by atoms with van der Waals surface area (Å²) in [5.41, 5.74) is 2.02. The summed E-state index contributed by atoms with van der Waals surface area (Å²) in [6.45, 7) is 0. The van der Waals surface area contributed by atoms with Gasteiger partial charge in [0.25, 0.3) is 0 Å². The van der Waals surface area contributed by atoms with Crippen LogP contribution in [0.15, 0.2) is 41.8 Å². The number of halogens is 4. The Morgan fingerprint density at radius 1 is 1.07 bits per heavy atom. The van der Waals surface area contributed by atoms with Crippen LogP contribution in [0, 0.1) is 0 Å². The normalized spacial score (nSPS) is 20.1. The Bertz CT molecular complexity index is 996. The molecular weight excluding hydrogens is 436 g/mol. The highest BCUT2D eigenvalue weighted by molar-refractivity contribution is 6.52. The summed E-state index contributed by atoms with van der Waals surface area (Å²) in [5.74, 6) is -0.107. The molecule has 2 aliphatic rings. The number of para-hydroxylation sites is 1. The van der Waals surface area contributed by atoms with Gasteiger partial charge in [-0.15, -0.1) is 0 Å². The number of fused-ring (bicyclic) bond motifs is 4. The molecule has 0 saturated heterocycles. The zero-order chi connectivity index (χ0) is 19.3. The van der Waals surface area contributed by atoms with Crippen molar-refractivity contribution in [3.05, 3.63) is 67.4 Å². The molecule has 0 aliphatic carbocycles. The van der Waals surface area contributed by atoms with Gasteiger partial charge in [-0.3, -0.25) is 0 Å². The molecule has 0 aromatic heterocycles. The maximum atomic E-state index is 12.5. The Kier molecular flexibility index (Phi) is 4.78. The molecule has 4 N–H and O–H groups in total. The molecule has 140 valence electrons. The lowest BCUT2D eigenvalue weighted by molar-refractivity contribution is 0.0450. The molecule has 0 radical (unpaired) electrons. The number of anilines is 2.